The molecule has 0 aliphatic heterocycles. The molecule has 0 saturated carbocycles. The molecule has 2 heterocycles. The molecular formula is C7H5IrN4-. The van der Waals surface area contributed by atoms with Gasteiger partial charge < -0.3 is 4.98 Å². The Morgan fingerprint density at radius 2 is 2.25 bits per heavy atom. The van der Waals surface area contributed by atoms with Crippen molar-refractivity contribution in [3.8, 4) is 5.69 Å². The summed E-state index contributed by atoms with van der Waals surface area (Å²) in [6.45, 7) is 0. The summed E-state index contributed by atoms with van der Waals surface area (Å²) in [5.74, 6) is 0. The molecule has 0 aliphatic rings. The maximum absolute atomic E-state index is 3.83. The van der Waals surface area contributed by atoms with Gasteiger partial charge in [-0.25, -0.2) is 4.68 Å². The van der Waals surface area contributed by atoms with Gasteiger partial charge in [-0.1, -0.05) is 17.6 Å². The van der Waals surface area contributed by atoms with Crippen molar-refractivity contribution in [1.29, 1.82) is 0 Å². The summed E-state index contributed by atoms with van der Waals surface area (Å²) in [7, 11) is 0. The SMILES string of the molecule is [Ir].[c-]1ncccc1-n1ccnn1. The Morgan fingerprint density at radius 3 is 2.83 bits per heavy atom. The van der Waals surface area contributed by atoms with Gasteiger partial charge in [-0.15, -0.1) is 11.2 Å². The Hall–Kier alpha value is -1.06. The maximum atomic E-state index is 3.83. The normalized spacial score (nSPS) is 9.00. The fourth-order valence-electron chi connectivity index (χ4n) is 0.782. The van der Waals surface area contributed by atoms with Crippen molar-refractivity contribution in [2.45, 2.75) is 0 Å². The van der Waals surface area contributed by atoms with Gasteiger partial charge in [-0.2, -0.15) is 6.07 Å². The molecule has 0 bridgehead atoms. The molecule has 0 saturated heterocycles. The molecule has 5 heteroatoms. The van der Waals surface area contributed by atoms with E-state index in [1.807, 2.05) is 12.1 Å². The predicted octanol–water partition coefficient (Wildman–Crippen LogP) is 0.460. The van der Waals surface area contributed by atoms with Gasteiger partial charge in [0.25, 0.3) is 0 Å². The zero-order valence-electron chi connectivity index (χ0n) is 6.01. The van der Waals surface area contributed by atoms with Crippen LogP contribution < -0.4 is 0 Å². The minimum atomic E-state index is 0. The van der Waals surface area contributed by atoms with Crippen LogP contribution in [0.1, 0.15) is 0 Å². The van der Waals surface area contributed by atoms with Gasteiger partial charge in [0.05, 0.1) is 6.20 Å². The Morgan fingerprint density at radius 1 is 1.33 bits per heavy atom. The van der Waals surface area contributed by atoms with Crippen molar-refractivity contribution < 1.29 is 20.1 Å². The number of hydrogen-bond donors (Lipinski definition) is 0. The van der Waals surface area contributed by atoms with Crippen LogP contribution in [0.2, 0.25) is 0 Å². The molecule has 0 atom stereocenters. The number of hydrogen-bond acceptors (Lipinski definition) is 3. The van der Waals surface area contributed by atoms with Crippen LogP contribution in [0.25, 0.3) is 5.69 Å². The zero-order valence-corrected chi connectivity index (χ0v) is 8.40. The summed E-state index contributed by atoms with van der Waals surface area (Å²) in [6.07, 6.45) is 7.80. The summed E-state index contributed by atoms with van der Waals surface area (Å²) >= 11 is 0. The smallest absolute Gasteiger partial charge is 0.0696 e. The predicted molar refractivity (Wildman–Crippen MR) is 38.0 cm³/mol. The molecule has 2 aromatic heterocycles. The number of aromatic nitrogens is 4. The van der Waals surface area contributed by atoms with E-state index >= 15 is 0 Å². The Bertz CT molecular complexity index is 318. The minimum absolute atomic E-state index is 0. The third kappa shape index (κ3) is 1.75. The Kier molecular flexibility index (Phi) is 3.08. The molecule has 12 heavy (non-hydrogen) atoms. The van der Waals surface area contributed by atoms with E-state index in [-0.39, 0.29) is 20.1 Å². The first-order valence-corrected chi connectivity index (χ1v) is 3.16. The van der Waals surface area contributed by atoms with E-state index in [1.54, 1.807) is 23.3 Å². The molecule has 4 nitrogen and oxygen atoms in total. The van der Waals surface area contributed by atoms with Crippen LogP contribution in [0.4, 0.5) is 0 Å². The first-order chi connectivity index (χ1) is 5.47. The summed E-state index contributed by atoms with van der Waals surface area (Å²) in [5, 5.41) is 7.45. The molecule has 0 unspecified atom stereocenters. The molecular weight excluding hydrogens is 332 g/mol. The second-order valence-corrected chi connectivity index (χ2v) is 1.98. The molecule has 1 radical (unpaired) electrons. The maximum Gasteiger partial charge on any atom is 0.0696 e. The molecule has 0 aromatic carbocycles. The van der Waals surface area contributed by atoms with E-state index in [0.717, 1.165) is 5.69 Å². The van der Waals surface area contributed by atoms with E-state index in [2.05, 4.69) is 21.5 Å². The monoisotopic (exact) mass is 338 g/mol. The van der Waals surface area contributed by atoms with E-state index in [1.165, 1.54) is 0 Å². The van der Waals surface area contributed by atoms with Gasteiger partial charge in [-0.05, 0) is 5.69 Å². The van der Waals surface area contributed by atoms with E-state index in [0.29, 0.717) is 0 Å². The summed E-state index contributed by atoms with van der Waals surface area (Å²) in [5.41, 5.74) is 0.796. The van der Waals surface area contributed by atoms with Crippen molar-refractivity contribution in [3.63, 3.8) is 0 Å². The number of rotatable bonds is 1. The molecule has 63 valence electrons. The van der Waals surface area contributed by atoms with Gasteiger partial charge in [0.15, 0.2) is 0 Å². The fourth-order valence-corrected chi connectivity index (χ4v) is 0.782. The molecule has 2 rings (SSSR count). The molecule has 0 amide bonds. The van der Waals surface area contributed by atoms with Gasteiger partial charge in [0, 0.05) is 26.3 Å². The standard InChI is InChI=1S/C7H5N4.Ir/c1-2-7(6-8-3-1)11-5-4-9-10-11;/h1-5H;/q-1;. The fraction of sp³-hybridized carbons (Fsp3) is 0. The average molecular weight is 337 g/mol. The first kappa shape index (κ1) is 9.03. The van der Waals surface area contributed by atoms with Crippen molar-refractivity contribution in [3.05, 3.63) is 36.9 Å². The van der Waals surface area contributed by atoms with Crippen LogP contribution >= 0.6 is 0 Å². The quantitative estimate of drug-likeness (QED) is 0.710. The zero-order chi connectivity index (χ0) is 7.52. The molecule has 0 aliphatic carbocycles. The molecule has 2 aromatic rings. The van der Waals surface area contributed by atoms with Crippen molar-refractivity contribution in [2.75, 3.05) is 0 Å². The number of pyridine rings is 1. The van der Waals surface area contributed by atoms with Crippen LogP contribution in [0, 0.1) is 6.20 Å². The van der Waals surface area contributed by atoms with Crippen molar-refractivity contribution in [1.82, 2.24) is 20.0 Å². The molecule has 0 N–H and O–H groups in total. The van der Waals surface area contributed by atoms with Crippen LogP contribution in [-0.4, -0.2) is 20.0 Å². The van der Waals surface area contributed by atoms with Crippen LogP contribution in [0.3, 0.4) is 0 Å². The van der Waals surface area contributed by atoms with Gasteiger partial charge in [-0.3, -0.25) is 0 Å². The molecule has 0 fully saturated rings. The van der Waals surface area contributed by atoms with Crippen LogP contribution in [-0.2, 0) is 20.1 Å². The summed E-state index contributed by atoms with van der Waals surface area (Å²) < 4.78 is 1.60. The van der Waals surface area contributed by atoms with E-state index in [9.17, 15) is 0 Å². The second-order valence-electron chi connectivity index (χ2n) is 1.98. The van der Waals surface area contributed by atoms with Crippen molar-refractivity contribution in [2.24, 2.45) is 0 Å². The minimum Gasteiger partial charge on any atom is -0.392 e. The summed E-state index contributed by atoms with van der Waals surface area (Å²) in [4.78, 5) is 3.83. The molecule has 0 spiro atoms. The van der Waals surface area contributed by atoms with E-state index in [4.69, 9.17) is 0 Å². The van der Waals surface area contributed by atoms with Gasteiger partial charge in [0.1, 0.15) is 0 Å². The third-order valence-electron chi connectivity index (χ3n) is 1.26. The number of nitrogens with zero attached hydrogens (tertiary/aromatic N) is 4. The topological polar surface area (TPSA) is 43.6 Å². The van der Waals surface area contributed by atoms with Crippen molar-refractivity contribution >= 4 is 0 Å². The Balaban J connectivity index is 0.000000720. The largest absolute Gasteiger partial charge is 0.392 e. The van der Waals surface area contributed by atoms with Crippen LogP contribution in [0.15, 0.2) is 30.7 Å². The van der Waals surface area contributed by atoms with Gasteiger partial charge in [0.2, 0.25) is 0 Å². The van der Waals surface area contributed by atoms with Gasteiger partial charge >= 0.3 is 0 Å². The van der Waals surface area contributed by atoms with Crippen LogP contribution in [0.5, 0.6) is 0 Å². The van der Waals surface area contributed by atoms with E-state index < -0.39 is 0 Å². The summed E-state index contributed by atoms with van der Waals surface area (Å²) in [6, 6.07) is 3.69. The second kappa shape index (κ2) is 4.09. The third-order valence-corrected chi connectivity index (χ3v) is 1.26. The average Bonchev–Trinajstić information content (AvgIpc) is 2.58. The first-order valence-electron chi connectivity index (χ1n) is 3.16. The Labute approximate surface area is 83.0 Å².